The molecule has 0 saturated carbocycles. The van der Waals surface area contributed by atoms with Crippen LogP contribution in [-0.2, 0) is 13.7 Å². The Kier molecular flexibility index (Phi) is 49.5. The average molecular weight is 1300 g/mol. The number of unbranched alkanes of at least 4 members (excludes halogenated alkanes) is 39. The number of rotatable bonds is 51. The highest BCUT2D eigenvalue weighted by Gasteiger charge is 2.63. The van der Waals surface area contributed by atoms with Crippen molar-refractivity contribution < 1.29 is 28.8 Å². The lowest BCUT2D eigenvalue weighted by Gasteiger charge is -2.26. The van der Waals surface area contributed by atoms with Gasteiger partial charge in [0.25, 0.3) is 0 Å². The van der Waals surface area contributed by atoms with Crippen molar-refractivity contribution in [3.8, 4) is 0 Å². The number of piperidine rings is 3. The summed E-state index contributed by atoms with van der Waals surface area (Å²) >= 11 is 0. The van der Waals surface area contributed by atoms with Crippen LogP contribution in [0.15, 0.2) is 0 Å². The van der Waals surface area contributed by atoms with Gasteiger partial charge in [0.05, 0.1) is 17.3 Å². The molecule has 0 amide bonds. The van der Waals surface area contributed by atoms with Gasteiger partial charge >= 0.3 is 7.32 Å². The van der Waals surface area contributed by atoms with Gasteiger partial charge in [-0.2, -0.15) is 0 Å². The second kappa shape index (κ2) is 52.7. The van der Waals surface area contributed by atoms with Gasteiger partial charge in [-0.05, 0) is 116 Å². The summed E-state index contributed by atoms with van der Waals surface area (Å²) in [5, 5.41) is 21.5. The van der Waals surface area contributed by atoms with Crippen molar-refractivity contribution >= 4 is 28.7 Å². The topological polar surface area (TPSA) is 122 Å². The van der Waals surface area contributed by atoms with Gasteiger partial charge in [0.15, 0.2) is 0 Å². The first kappa shape index (κ1) is 82.7. The maximum absolute atomic E-state index is 13.2. The lowest BCUT2D eigenvalue weighted by Crippen LogP contribution is -2.33. The Bertz CT molecular complexity index is 1550. The van der Waals surface area contributed by atoms with E-state index in [1.54, 1.807) is 0 Å². The number of likely N-dealkylation sites (tertiary alicyclic amines) is 3. The Morgan fingerprint density at radius 2 is 0.409 bits per heavy atom. The lowest BCUT2D eigenvalue weighted by molar-refractivity contribution is 0.224. The molecule has 6 rings (SSSR count). The van der Waals surface area contributed by atoms with Crippen molar-refractivity contribution in [3.63, 3.8) is 0 Å². The van der Waals surface area contributed by atoms with E-state index in [1.165, 1.54) is 386 Å². The largest absolute Gasteiger partial charge is 0.631 e. The zero-order valence-electron chi connectivity index (χ0n) is 59.8. The van der Waals surface area contributed by atoms with Gasteiger partial charge in [0, 0.05) is 17.0 Å². The molecule has 88 heavy (non-hydrogen) atoms. The number of hydrogen-bond donors (Lipinski definition) is 3. The highest BCUT2D eigenvalue weighted by Crippen LogP contribution is 2.78. The predicted molar refractivity (Wildman–Crippen MR) is 391 cm³/mol. The van der Waals surface area contributed by atoms with Gasteiger partial charge in [0.2, 0.25) is 0 Å². The third-order valence-electron chi connectivity index (χ3n) is 22.1. The zero-order valence-corrected chi connectivity index (χ0v) is 62.5. The fraction of sp³-hybridized carbons (Fsp3) is 1.00. The van der Waals surface area contributed by atoms with E-state index in [1.807, 2.05) is 0 Å². The molecular formula is C75H153BN3O6P3. The van der Waals surface area contributed by atoms with Crippen LogP contribution in [0.3, 0.4) is 0 Å². The summed E-state index contributed by atoms with van der Waals surface area (Å²) in [6.45, 7) is 20.7. The minimum atomic E-state index is -2.17. The van der Waals surface area contributed by atoms with Gasteiger partial charge in [-0.3, -0.25) is 14.7 Å². The summed E-state index contributed by atoms with van der Waals surface area (Å²) < 4.78 is 39.5. The fourth-order valence-electron chi connectivity index (χ4n) is 16.4. The molecule has 6 saturated heterocycles. The van der Waals surface area contributed by atoms with Gasteiger partial charge in [-0.15, -0.1) is 0 Å². The van der Waals surface area contributed by atoms with Crippen LogP contribution in [0.4, 0.5) is 0 Å². The molecule has 6 heterocycles. The predicted octanol–water partition coefficient (Wildman–Crippen LogP) is 23.3. The minimum absolute atomic E-state index is 0.486. The Labute approximate surface area is 549 Å². The zero-order chi connectivity index (χ0) is 63.8. The normalized spacial score (nSPS) is 27.0. The summed E-state index contributed by atoms with van der Waals surface area (Å²) in [6, 6.07) is 0. The fourth-order valence-corrected chi connectivity index (χ4v) is 27.9. The first-order chi connectivity index (χ1) is 42.9. The van der Waals surface area contributed by atoms with Gasteiger partial charge in [-0.25, -0.2) is 0 Å². The Morgan fingerprint density at radius 1 is 0.261 bits per heavy atom. The highest BCUT2D eigenvalue weighted by atomic mass is 31.2. The van der Waals surface area contributed by atoms with Crippen LogP contribution in [0.2, 0.25) is 0 Å². The molecule has 9 nitrogen and oxygen atoms in total. The molecule has 0 spiro atoms. The van der Waals surface area contributed by atoms with E-state index >= 15 is 0 Å². The lowest BCUT2D eigenvalue weighted by atomic mass is 10.0. The molecular weight excluding hydrogens is 1140 g/mol. The Hall–Kier alpha value is 0.515. The van der Waals surface area contributed by atoms with Crippen molar-refractivity contribution in [1.82, 2.24) is 14.7 Å². The van der Waals surface area contributed by atoms with Crippen molar-refractivity contribution in [2.24, 2.45) is 0 Å². The molecule has 0 bridgehead atoms. The van der Waals surface area contributed by atoms with Crippen LogP contribution in [-0.4, -0.2) is 129 Å². The van der Waals surface area contributed by atoms with Crippen molar-refractivity contribution in [2.45, 2.75) is 423 Å². The van der Waals surface area contributed by atoms with E-state index in [0.29, 0.717) is 34.3 Å². The molecule has 0 radical (unpaired) electrons. The van der Waals surface area contributed by atoms with Gasteiger partial charge < -0.3 is 28.8 Å². The molecule has 522 valence electrons. The van der Waals surface area contributed by atoms with E-state index in [-0.39, 0.29) is 0 Å². The summed E-state index contributed by atoms with van der Waals surface area (Å²) in [5.41, 5.74) is 1.69. The summed E-state index contributed by atoms with van der Waals surface area (Å²) in [4.78, 5) is 7.80. The molecule has 6 fully saturated rings. The molecule has 6 aliphatic heterocycles. The maximum atomic E-state index is 13.2. The molecule has 9 atom stereocenters. The first-order valence-electron chi connectivity index (χ1n) is 40.0. The second-order valence-corrected chi connectivity index (χ2v) is 39.8. The summed E-state index contributed by atoms with van der Waals surface area (Å²) in [6.07, 6.45) is 78.3. The van der Waals surface area contributed by atoms with Crippen LogP contribution in [0.1, 0.15) is 388 Å². The van der Waals surface area contributed by atoms with E-state index < -0.39 is 28.7 Å². The van der Waals surface area contributed by atoms with E-state index in [4.69, 9.17) is 15.1 Å². The van der Waals surface area contributed by atoms with E-state index in [9.17, 15) is 13.7 Å². The first-order valence-corrected chi connectivity index (χ1v) is 46.1. The molecule has 3 N–H and O–H groups in total. The number of nitrogens with zero attached hydrogens (tertiary/aromatic N) is 3. The van der Waals surface area contributed by atoms with E-state index in [2.05, 4.69) is 56.2 Å². The number of hydrogen-bond acceptors (Lipinski definition) is 9. The van der Waals surface area contributed by atoms with Crippen LogP contribution < -0.4 is 0 Å². The van der Waals surface area contributed by atoms with Gasteiger partial charge in [-0.1, -0.05) is 330 Å². The smallest absolute Gasteiger partial charge is 0.402 e. The monoisotopic (exact) mass is 1300 g/mol. The second-order valence-electron chi connectivity index (χ2n) is 29.2. The van der Waals surface area contributed by atoms with Crippen LogP contribution in [0.25, 0.3) is 0 Å². The van der Waals surface area contributed by atoms with Crippen LogP contribution in [0.5, 0.6) is 0 Å². The van der Waals surface area contributed by atoms with E-state index in [0.717, 1.165) is 18.5 Å². The van der Waals surface area contributed by atoms with Crippen molar-refractivity contribution in [2.75, 3.05) is 57.8 Å². The molecule has 0 aromatic heterocycles. The molecule has 0 aliphatic carbocycles. The van der Waals surface area contributed by atoms with Gasteiger partial charge in [0.1, 0.15) is 21.4 Å². The van der Waals surface area contributed by atoms with Crippen molar-refractivity contribution in [1.29, 1.82) is 0 Å². The van der Waals surface area contributed by atoms with Crippen LogP contribution in [0, 0.1) is 0 Å². The molecule has 9 unspecified atom stereocenters. The molecule has 13 heteroatoms. The third-order valence-corrected chi connectivity index (χ3v) is 33.8. The van der Waals surface area contributed by atoms with Crippen LogP contribution >= 0.6 is 21.4 Å². The molecule has 0 aromatic rings. The quantitative estimate of drug-likeness (QED) is 0.0311. The van der Waals surface area contributed by atoms with Crippen molar-refractivity contribution in [3.05, 3.63) is 0 Å². The Balaban J connectivity index is 0.000000334. The highest BCUT2D eigenvalue weighted by molar-refractivity contribution is 7.73. The maximum Gasteiger partial charge on any atom is 0.631 e. The third kappa shape index (κ3) is 34.5. The standard InChI is InChI=1S/3C25H50NOP.BH3O3/c3*1-3-5-6-7-8-9-10-11-12-13-14-15-16-18-21-24-25(28(24,27)4-2)26-22-19-17-20-23-26;2-1(3)4/h3*24-25H,3-23H2,1-2H3;2-4H. The minimum Gasteiger partial charge on any atom is -0.402 e. The summed E-state index contributed by atoms with van der Waals surface area (Å²) in [5.74, 6) is 1.46. The summed E-state index contributed by atoms with van der Waals surface area (Å²) in [7, 11) is -7.70. The SMILES string of the molecule is CCCCCCCCCCCCCCCCC1C(N2CCCCC2)P1(=O)CC.CCCCCCCCCCCCCCCCC1C(N2CCCCC2)P1(=O)CC.CCCCCCCCCCCCCCCCC1C(N2CCCCC2)P1(=O)CC.OB(O)O. The average Bonchev–Trinajstić information content (AvgIpc) is 1.76. The Morgan fingerprint density at radius 3 is 0.557 bits per heavy atom. The molecule has 0 aromatic carbocycles. The molecule has 6 aliphatic rings.